The molecule has 2 aromatic carbocycles. The van der Waals surface area contributed by atoms with Crippen molar-refractivity contribution in [2.75, 3.05) is 12.2 Å². The van der Waals surface area contributed by atoms with Crippen molar-refractivity contribution < 1.29 is 19.5 Å². The van der Waals surface area contributed by atoms with Crippen molar-refractivity contribution in [3.63, 3.8) is 0 Å². The summed E-state index contributed by atoms with van der Waals surface area (Å²) in [5, 5.41) is 10.5. The number of hydrogen-bond donors (Lipinski definition) is 1. The van der Waals surface area contributed by atoms with Crippen LogP contribution in [0.3, 0.4) is 0 Å². The molecule has 5 nitrogen and oxygen atoms in total. The number of aryl methyl sites for hydroxylation is 3. The Morgan fingerprint density at radius 3 is 2.50 bits per heavy atom. The summed E-state index contributed by atoms with van der Waals surface area (Å²) in [6, 6.07) is 9.11. The molecule has 136 valence electrons. The van der Waals surface area contributed by atoms with E-state index in [2.05, 4.69) is 31.6 Å². The zero-order valence-corrected chi connectivity index (χ0v) is 15.7. The Kier molecular flexibility index (Phi) is 6.69. The number of amides is 1. The molecule has 0 spiro atoms. The van der Waals surface area contributed by atoms with Gasteiger partial charge in [0, 0.05) is 5.56 Å². The van der Waals surface area contributed by atoms with Gasteiger partial charge in [0.2, 0.25) is 0 Å². The summed E-state index contributed by atoms with van der Waals surface area (Å²) in [5.41, 5.74) is 4.74. The van der Waals surface area contributed by atoms with E-state index in [9.17, 15) is 10.0 Å². The molecule has 0 saturated carbocycles. The number of rotatable bonds is 6. The van der Waals surface area contributed by atoms with Crippen LogP contribution in [0.15, 0.2) is 30.3 Å². The fraction of sp³-hybridized carbons (Fsp3) is 0.350. The minimum Gasteiger partial charge on any atom is -0.489 e. The average Bonchev–Trinajstić information content (AvgIpc) is 2.65. The van der Waals surface area contributed by atoms with Gasteiger partial charge in [-0.05, 0) is 48.6 Å². The first-order valence-electron chi connectivity index (χ1n) is 8.62. The van der Waals surface area contributed by atoms with E-state index in [1.807, 2.05) is 6.07 Å². The van der Waals surface area contributed by atoms with E-state index in [1.54, 1.807) is 18.2 Å². The summed E-state index contributed by atoms with van der Waals surface area (Å²) in [6.45, 7) is 6.38. The van der Waals surface area contributed by atoms with Gasteiger partial charge in [0.05, 0.1) is 12.8 Å². The normalized spacial score (nSPS) is 10.5. The maximum Gasteiger partial charge on any atom is 0.438 e. The summed E-state index contributed by atoms with van der Waals surface area (Å²) < 4.78 is 10.6. The minimum absolute atomic E-state index is 0.119. The standard InChI is InChI=1S/C20H24BNO4/c1-5-14-11-15(6-2)19(10-13(14)3)26-12-16-17(21)8-7-9-18(16)22(24)20(23)25-4/h7-11,24H,5-6,12H2,1-4H3. The monoisotopic (exact) mass is 353 g/mol. The molecule has 1 amide bonds. The molecule has 0 fully saturated rings. The van der Waals surface area contributed by atoms with Crippen molar-refractivity contribution in [1.82, 2.24) is 0 Å². The van der Waals surface area contributed by atoms with Crippen LogP contribution in [0.1, 0.15) is 36.1 Å². The predicted molar refractivity (Wildman–Crippen MR) is 103 cm³/mol. The van der Waals surface area contributed by atoms with Crippen LogP contribution in [0, 0.1) is 6.92 Å². The van der Waals surface area contributed by atoms with E-state index in [0.29, 0.717) is 16.1 Å². The zero-order valence-electron chi connectivity index (χ0n) is 15.7. The molecule has 1 N–H and O–H groups in total. The summed E-state index contributed by atoms with van der Waals surface area (Å²) in [4.78, 5) is 11.6. The van der Waals surface area contributed by atoms with Gasteiger partial charge < -0.3 is 9.47 Å². The molecule has 2 aromatic rings. The third-order valence-corrected chi connectivity index (χ3v) is 4.42. The van der Waals surface area contributed by atoms with Gasteiger partial charge in [-0.2, -0.15) is 5.06 Å². The van der Waals surface area contributed by atoms with Crippen molar-refractivity contribution >= 4 is 25.1 Å². The second-order valence-corrected chi connectivity index (χ2v) is 6.01. The molecule has 0 aliphatic heterocycles. The molecule has 26 heavy (non-hydrogen) atoms. The van der Waals surface area contributed by atoms with Crippen LogP contribution < -0.4 is 15.3 Å². The van der Waals surface area contributed by atoms with Gasteiger partial charge in [-0.15, -0.1) is 0 Å². The first kappa shape index (κ1) is 19.9. The molecule has 0 bridgehead atoms. The second-order valence-electron chi connectivity index (χ2n) is 6.01. The average molecular weight is 353 g/mol. The molecule has 0 aliphatic carbocycles. The van der Waals surface area contributed by atoms with Gasteiger partial charge in [0.25, 0.3) is 0 Å². The number of hydroxylamine groups is 1. The number of nitrogens with zero attached hydrogens (tertiary/aromatic N) is 1. The molecule has 6 heteroatoms. The van der Waals surface area contributed by atoms with Crippen LogP contribution >= 0.6 is 0 Å². The first-order valence-corrected chi connectivity index (χ1v) is 8.62. The lowest BCUT2D eigenvalue weighted by Gasteiger charge is -2.20. The minimum atomic E-state index is -0.894. The third-order valence-electron chi connectivity index (χ3n) is 4.42. The van der Waals surface area contributed by atoms with Crippen LogP contribution in [0.2, 0.25) is 0 Å². The summed E-state index contributed by atoms with van der Waals surface area (Å²) in [5.74, 6) is 0.777. The Balaban J connectivity index is 2.33. The van der Waals surface area contributed by atoms with E-state index < -0.39 is 6.09 Å². The van der Waals surface area contributed by atoms with E-state index >= 15 is 0 Å². The van der Waals surface area contributed by atoms with Gasteiger partial charge in [-0.25, -0.2) is 4.79 Å². The molecule has 0 atom stereocenters. The maximum atomic E-state index is 11.6. The smallest absolute Gasteiger partial charge is 0.438 e. The highest BCUT2D eigenvalue weighted by Crippen LogP contribution is 2.27. The highest BCUT2D eigenvalue weighted by molar-refractivity contribution is 6.33. The number of anilines is 1. The van der Waals surface area contributed by atoms with Crippen molar-refractivity contribution in [2.45, 2.75) is 40.2 Å². The van der Waals surface area contributed by atoms with E-state index in [-0.39, 0.29) is 12.3 Å². The molecule has 2 radical (unpaired) electrons. The lowest BCUT2D eigenvalue weighted by molar-refractivity contribution is 0.140. The molecule has 0 heterocycles. The van der Waals surface area contributed by atoms with Gasteiger partial charge in [0.1, 0.15) is 20.2 Å². The Hall–Kier alpha value is -2.47. The Bertz CT molecular complexity index is 792. The van der Waals surface area contributed by atoms with Crippen molar-refractivity contribution in [3.05, 3.63) is 52.6 Å². The van der Waals surface area contributed by atoms with Crippen LogP contribution in [0.5, 0.6) is 5.75 Å². The molecular formula is C20H24BNO4. The highest BCUT2D eigenvalue weighted by atomic mass is 16.6. The van der Waals surface area contributed by atoms with Crippen molar-refractivity contribution in [3.8, 4) is 5.75 Å². The Morgan fingerprint density at radius 1 is 1.19 bits per heavy atom. The number of carbonyl (C=O) groups excluding carboxylic acids is 1. The first-order chi connectivity index (χ1) is 12.4. The second kappa shape index (κ2) is 8.76. The molecule has 2 rings (SSSR count). The summed E-state index contributed by atoms with van der Waals surface area (Å²) in [6.07, 6.45) is 0.913. The third kappa shape index (κ3) is 4.19. The summed E-state index contributed by atoms with van der Waals surface area (Å²) >= 11 is 0. The lowest BCUT2D eigenvalue weighted by atomic mass is 9.89. The number of methoxy groups -OCH3 is 1. The number of hydrogen-bond acceptors (Lipinski definition) is 4. The van der Waals surface area contributed by atoms with E-state index in [1.165, 1.54) is 18.2 Å². The van der Waals surface area contributed by atoms with Crippen molar-refractivity contribution in [2.24, 2.45) is 0 Å². The lowest BCUT2D eigenvalue weighted by Crippen LogP contribution is -2.30. The Morgan fingerprint density at radius 2 is 1.88 bits per heavy atom. The predicted octanol–water partition coefficient (Wildman–Crippen LogP) is 3.45. The topological polar surface area (TPSA) is 59.0 Å². The Labute approximate surface area is 155 Å². The molecular weight excluding hydrogens is 329 g/mol. The molecule has 0 aliphatic rings. The van der Waals surface area contributed by atoms with Gasteiger partial charge in [-0.1, -0.05) is 37.5 Å². The zero-order chi connectivity index (χ0) is 19.3. The highest BCUT2D eigenvalue weighted by Gasteiger charge is 2.19. The van der Waals surface area contributed by atoms with Crippen LogP contribution in [-0.2, 0) is 24.2 Å². The van der Waals surface area contributed by atoms with Gasteiger partial charge in [-0.3, -0.25) is 5.21 Å². The SMILES string of the molecule is [B]c1cccc(N(O)C(=O)OC)c1COc1cc(C)c(CC)cc1CC. The van der Waals surface area contributed by atoms with Gasteiger partial charge in [0.15, 0.2) is 0 Å². The largest absolute Gasteiger partial charge is 0.489 e. The van der Waals surface area contributed by atoms with E-state index in [0.717, 1.165) is 24.2 Å². The quantitative estimate of drug-likeness (QED) is 0.491. The number of carbonyl (C=O) groups is 1. The summed E-state index contributed by atoms with van der Waals surface area (Å²) in [7, 11) is 7.24. The number of benzene rings is 2. The van der Waals surface area contributed by atoms with Gasteiger partial charge >= 0.3 is 6.09 Å². The fourth-order valence-corrected chi connectivity index (χ4v) is 2.85. The number of ether oxygens (including phenoxy) is 2. The molecule has 0 saturated heterocycles. The van der Waals surface area contributed by atoms with Crippen LogP contribution in [-0.4, -0.2) is 26.3 Å². The van der Waals surface area contributed by atoms with E-state index in [4.69, 9.17) is 12.6 Å². The van der Waals surface area contributed by atoms with Crippen LogP contribution in [0.4, 0.5) is 10.5 Å². The molecule has 0 aromatic heterocycles. The molecule has 0 unspecified atom stereocenters. The maximum absolute atomic E-state index is 11.6. The fourth-order valence-electron chi connectivity index (χ4n) is 2.85. The van der Waals surface area contributed by atoms with Crippen molar-refractivity contribution in [1.29, 1.82) is 0 Å². The van der Waals surface area contributed by atoms with Crippen LogP contribution in [0.25, 0.3) is 0 Å².